The van der Waals surface area contributed by atoms with Crippen LogP contribution in [-0.2, 0) is 15.5 Å². The molecule has 40 heavy (non-hydrogen) atoms. The molecular formula is C26H25BClF3N4O5. The van der Waals surface area contributed by atoms with Gasteiger partial charge in [0.05, 0.1) is 10.6 Å². The summed E-state index contributed by atoms with van der Waals surface area (Å²) in [7, 11) is 0.651. The number of nitrogens with zero attached hydrogens (tertiary/aromatic N) is 1. The van der Waals surface area contributed by atoms with Gasteiger partial charge in [0.15, 0.2) is 0 Å². The highest BCUT2D eigenvalue weighted by Gasteiger charge is 2.36. The van der Waals surface area contributed by atoms with Gasteiger partial charge in [-0.05, 0) is 42.5 Å². The summed E-state index contributed by atoms with van der Waals surface area (Å²) < 4.78 is 57.4. The summed E-state index contributed by atoms with van der Waals surface area (Å²) >= 11 is 5.65. The first-order valence-corrected chi connectivity index (χ1v) is 12.4. The average Bonchev–Trinajstić information content (AvgIpc) is 2.90. The third-order valence-electron chi connectivity index (χ3n) is 5.72. The van der Waals surface area contributed by atoms with Crippen LogP contribution in [0.3, 0.4) is 0 Å². The lowest BCUT2D eigenvalue weighted by Crippen LogP contribution is -2.47. The topological polar surface area (TPSA) is 111 Å². The summed E-state index contributed by atoms with van der Waals surface area (Å²) in [4.78, 5) is 28.6. The van der Waals surface area contributed by atoms with Gasteiger partial charge < -0.3 is 30.0 Å². The molecule has 0 atom stereocenters. The van der Waals surface area contributed by atoms with Crippen LogP contribution in [0.2, 0.25) is 5.02 Å². The van der Waals surface area contributed by atoms with Gasteiger partial charge in [0.25, 0.3) is 5.91 Å². The lowest BCUT2D eigenvalue weighted by Gasteiger charge is -2.33. The number of hydrogen-bond acceptors (Lipinski definition) is 6. The Labute approximate surface area is 233 Å². The van der Waals surface area contributed by atoms with Crippen molar-refractivity contribution in [1.29, 1.82) is 0 Å². The Balaban J connectivity index is 1.57. The van der Waals surface area contributed by atoms with Crippen molar-refractivity contribution in [3.63, 3.8) is 0 Å². The Kier molecular flexibility index (Phi) is 8.57. The molecule has 2 aromatic carbocycles. The molecule has 3 amide bonds. The van der Waals surface area contributed by atoms with Crippen molar-refractivity contribution in [2.75, 3.05) is 30.9 Å². The monoisotopic (exact) mass is 576 g/mol. The second-order valence-corrected chi connectivity index (χ2v) is 10.1. The van der Waals surface area contributed by atoms with Crippen LogP contribution in [-0.4, -0.2) is 44.3 Å². The van der Waals surface area contributed by atoms with Gasteiger partial charge in [-0.25, -0.2) is 4.79 Å². The van der Waals surface area contributed by atoms with E-state index in [-0.39, 0.29) is 22.7 Å². The van der Waals surface area contributed by atoms with E-state index in [0.717, 1.165) is 12.1 Å². The zero-order valence-electron chi connectivity index (χ0n) is 21.7. The second-order valence-electron chi connectivity index (χ2n) is 9.70. The number of ether oxygens (including phenoxy) is 1. The first-order chi connectivity index (χ1) is 18.8. The lowest BCUT2D eigenvalue weighted by atomic mass is 9.75. The summed E-state index contributed by atoms with van der Waals surface area (Å²) in [6, 6.07) is 9.99. The largest absolute Gasteiger partial charge is 0.497 e. The van der Waals surface area contributed by atoms with Crippen LogP contribution in [0.25, 0.3) is 0 Å². The summed E-state index contributed by atoms with van der Waals surface area (Å²) in [6.45, 7) is 4.76. The first-order valence-electron chi connectivity index (χ1n) is 12.0. The molecule has 14 heteroatoms. The number of carbonyl (C=O) groups is 2. The molecule has 3 N–H and O–H groups in total. The molecule has 1 aliphatic rings. The number of halogens is 4. The standard InChI is InChI=1S/C26H25BClF3N4O5/c1-25(2)13-38-27(39-14-25)19-11-16(5-7-22(19)40-17-8-9-33-21(12-17)23(36)32-3)35-24(37)34-15-4-6-20(28)18(10-15)26(29,30)31/h4-12H,13-14H2,1-3H3,(H,32,36)(H2,34,35,37). The SMILES string of the molecule is CNC(=O)c1cc(Oc2ccc(NC(=O)Nc3ccc(Cl)c(C(F)(F)F)c3)cc2B2OCC(C)(C)CO2)ccn1. The average molecular weight is 577 g/mol. The fraction of sp³-hybridized carbons (Fsp3) is 0.269. The molecule has 0 spiro atoms. The van der Waals surface area contributed by atoms with E-state index in [1.165, 1.54) is 31.4 Å². The van der Waals surface area contributed by atoms with Gasteiger partial charge >= 0.3 is 19.3 Å². The Bertz CT molecular complexity index is 1410. The summed E-state index contributed by atoms with van der Waals surface area (Å²) in [6.07, 6.45) is -3.25. The molecule has 1 aliphatic heterocycles. The van der Waals surface area contributed by atoms with E-state index in [4.69, 9.17) is 25.6 Å². The van der Waals surface area contributed by atoms with Crippen molar-refractivity contribution in [3.05, 3.63) is 71.0 Å². The maximum absolute atomic E-state index is 13.2. The van der Waals surface area contributed by atoms with Crippen LogP contribution in [0.15, 0.2) is 54.7 Å². The molecule has 1 fully saturated rings. The van der Waals surface area contributed by atoms with Crippen LogP contribution >= 0.6 is 11.6 Å². The fourth-order valence-electron chi connectivity index (χ4n) is 3.74. The van der Waals surface area contributed by atoms with Crippen LogP contribution in [0.5, 0.6) is 11.5 Å². The highest BCUT2D eigenvalue weighted by atomic mass is 35.5. The fourth-order valence-corrected chi connectivity index (χ4v) is 3.97. The smallest absolute Gasteiger partial charge is 0.458 e. The Morgan fingerprint density at radius 2 is 1.68 bits per heavy atom. The number of aromatic nitrogens is 1. The normalized spacial score (nSPS) is 14.8. The minimum atomic E-state index is -4.68. The first kappa shape index (κ1) is 29.2. The zero-order valence-corrected chi connectivity index (χ0v) is 22.4. The molecule has 9 nitrogen and oxygen atoms in total. The number of urea groups is 1. The molecule has 0 unspecified atom stereocenters. The second kappa shape index (κ2) is 11.7. The molecule has 1 aromatic heterocycles. The van der Waals surface area contributed by atoms with E-state index in [2.05, 4.69) is 20.9 Å². The molecule has 3 aromatic rings. The Morgan fingerprint density at radius 3 is 2.33 bits per heavy atom. The predicted molar refractivity (Wildman–Crippen MR) is 144 cm³/mol. The van der Waals surface area contributed by atoms with Crippen molar-refractivity contribution in [1.82, 2.24) is 10.3 Å². The number of nitrogens with one attached hydrogen (secondary N) is 3. The summed E-state index contributed by atoms with van der Waals surface area (Å²) in [5.41, 5.74) is -0.491. The summed E-state index contributed by atoms with van der Waals surface area (Å²) in [5.74, 6) is 0.269. The van der Waals surface area contributed by atoms with Crippen LogP contribution in [0, 0.1) is 5.41 Å². The Morgan fingerprint density at radius 1 is 1.02 bits per heavy atom. The van der Waals surface area contributed by atoms with E-state index in [9.17, 15) is 22.8 Å². The highest BCUT2D eigenvalue weighted by Crippen LogP contribution is 2.36. The van der Waals surface area contributed by atoms with Crippen molar-refractivity contribution >= 4 is 47.5 Å². The lowest BCUT2D eigenvalue weighted by molar-refractivity contribution is -0.137. The summed E-state index contributed by atoms with van der Waals surface area (Å²) in [5, 5.41) is 6.97. The molecule has 0 aliphatic carbocycles. The molecule has 1 saturated heterocycles. The molecule has 4 rings (SSSR count). The maximum Gasteiger partial charge on any atom is 0.497 e. The maximum atomic E-state index is 13.2. The quantitative estimate of drug-likeness (QED) is 0.343. The number of alkyl halides is 3. The molecule has 210 valence electrons. The number of carbonyl (C=O) groups excluding carboxylic acids is 2. The molecule has 0 bridgehead atoms. The minimum Gasteiger partial charge on any atom is -0.458 e. The van der Waals surface area contributed by atoms with Crippen LogP contribution < -0.4 is 26.2 Å². The van der Waals surface area contributed by atoms with E-state index >= 15 is 0 Å². The van der Waals surface area contributed by atoms with Gasteiger partial charge in [0.1, 0.15) is 17.2 Å². The van der Waals surface area contributed by atoms with Gasteiger partial charge in [-0.3, -0.25) is 9.78 Å². The van der Waals surface area contributed by atoms with Gasteiger partial charge in [-0.2, -0.15) is 13.2 Å². The van der Waals surface area contributed by atoms with Gasteiger partial charge in [-0.1, -0.05) is 25.4 Å². The van der Waals surface area contributed by atoms with Crippen molar-refractivity contribution in [2.24, 2.45) is 5.41 Å². The Hall–Kier alpha value is -3.81. The number of benzene rings is 2. The number of amides is 3. The van der Waals surface area contributed by atoms with E-state index in [0.29, 0.717) is 35.9 Å². The van der Waals surface area contributed by atoms with Crippen LogP contribution in [0.4, 0.5) is 29.3 Å². The van der Waals surface area contributed by atoms with Crippen molar-refractivity contribution < 1.29 is 36.8 Å². The predicted octanol–water partition coefficient (Wildman–Crippen LogP) is 5.32. The van der Waals surface area contributed by atoms with Crippen molar-refractivity contribution in [3.8, 4) is 11.5 Å². The molecule has 0 saturated carbocycles. The number of anilines is 2. The number of rotatable bonds is 6. The van der Waals surface area contributed by atoms with Gasteiger partial charge in [-0.15, -0.1) is 0 Å². The van der Waals surface area contributed by atoms with E-state index < -0.39 is 29.9 Å². The molecular weight excluding hydrogens is 552 g/mol. The number of pyridine rings is 1. The van der Waals surface area contributed by atoms with E-state index in [1.807, 2.05) is 13.8 Å². The van der Waals surface area contributed by atoms with Gasteiger partial charge in [0.2, 0.25) is 0 Å². The number of hydrogen-bond donors (Lipinski definition) is 3. The molecule has 0 radical (unpaired) electrons. The third kappa shape index (κ3) is 7.23. The third-order valence-corrected chi connectivity index (χ3v) is 6.05. The minimum absolute atomic E-state index is 0.0970. The van der Waals surface area contributed by atoms with Crippen LogP contribution in [0.1, 0.15) is 29.9 Å². The van der Waals surface area contributed by atoms with Crippen molar-refractivity contribution in [2.45, 2.75) is 20.0 Å². The van der Waals surface area contributed by atoms with E-state index in [1.54, 1.807) is 18.2 Å². The molecule has 2 heterocycles. The van der Waals surface area contributed by atoms with Gasteiger partial charge in [0, 0.05) is 54.8 Å². The zero-order chi connectivity index (χ0) is 29.1. The highest BCUT2D eigenvalue weighted by molar-refractivity contribution is 6.62.